The Labute approximate surface area is 199 Å². The van der Waals surface area contributed by atoms with E-state index in [-0.39, 0.29) is 21.3 Å². The van der Waals surface area contributed by atoms with Crippen molar-refractivity contribution in [3.05, 3.63) is 94.5 Å². The lowest BCUT2D eigenvalue weighted by Crippen LogP contribution is -2.11. The molecule has 0 atom stereocenters. The van der Waals surface area contributed by atoms with Gasteiger partial charge in [0, 0.05) is 25.2 Å². The standard InChI is InChI=1S/C25H25ClN2O4S/c1-28(2)18-27-33(30,31)24-17-21(12-15-23(24)26)25(29)20-10-13-22(14-11-20)32-16-6-9-19-7-4-3-5-8-19/h3-5,7-8,10-15,17-18H,6,9,16H2,1-2H3. The molecule has 0 saturated carbocycles. The molecule has 6 nitrogen and oxygen atoms in total. The SMILES string of the molecule is CN(C)C=NS(=O)(=O)c1cc(C(=O)c2ccc(OCCCc3ccccc3)cc2)ccc1Cl. The minimum Gasteiger partial charge on any atom is -0.494 e. The summed E-state index contributed by atoms with van der Waals surface area (Å²) < 4.78 is 34.3. The van der Waals surface area contributed by atoms with E-state index in [9.17, 15) is 13.2 Å². The van der Waals surface area contributed by atoms with Gasteiger partial charge in [-0.1, -0.05) is 41.9 Å². The number of aryl methyl sites for hydroxylation is 1. The van der Waals surface area contributed by atoms with E-state index in [1.807, 2.05) is 18.2 Å². The normalized spacial score (nSPS) is 11.5. The van der Waals surface area contributed by atoms with Crippen molar-refractivity contribution >= 4 is 33.7 Å². The molecule has 3 aromatic carbocycles. The molecule has 0 aliphatic carbocycles. The highest BCUT2D eigenvalue weighted by molar-refractivity contribution is 7.90. The zero-order valence-electron chi connectivity index (χ0n) is 18.4. The van der Waals surface area contributed by atoms with Crippen LogP contribution in [0.3, 0.4) is 0 Å². The van der Waals surface area contributed by atoms with E-state index in [0.717, 1.165) is 12.8 Å². The minimum absolute atomic E-state index is 0.00158. The van der Waals surface area contributed by atoms with Crippen molar-refractivity contribution < 1.29 is 17.9 Å². The molecule has 33 heavy (non-hydrogen) atoms. The Kier molecular flexibility index (Phi) is 8.25. The van der Waals surface area contributed by atoms with Gasteiger partial charge in [-0.2, -0.15) is 8.42 Å². The number of ether oxygens (including phenoxy) is 1. The maximum absolute atomic E-state index is 12.9. The number of carbonyl (C=O) groups is 1. The van der Waals surface area contributed by atoms with E-state index in [4.69, 9.17) is 16.3 Å². The molecule has 0 N–H and O–H groups in total. The molecule has 0 bridgehead atoms. The van der Waals surface area contributed by atoms with Crippen LogP contribution in [-0.2, 0) is 16.4 Å². The van der Waals surface area contributed by atoms with Gasteiger partial charge in [0.05, 0.1) is 11.6 Å². The first kappa shape index (κ1) is 24.5. The summed E-state index contributed by atoms with van der Waals surface area (Å²) in [6.07, 6.45) is 2.97. The molecule has 3 rings (SSSR count). The third kappa shape index (κ3) is 6.91. The van der Waals surface area contributed by atoms with Gasteiger partial charge < -0.3 is 9.64 Å². The Balaban J connectivity index is 1.66. The lowest BCUT2D eigenvalue weighted by molar-refractivity contribution is 0.103. The van der Waals surface area contributed by atoms with Gasteiger partial charge in [-0.25, -0.2) is 0 Å². The summed E-state index contributed by atoms with van der Waals surface area (Å²) >= 11 is 6.07. The van der Waals surface area contributed by atoms with E-state index in [2.05, 4.69) is 16.5 Å². The second-order valence-corrected chi connectivity index (χ2v) is 9.60. The molecule has 172 valence electrons. The Hall–Kier alpha value is -3.16. The summed E-state index contributed by atoms with van der Waals surface area (Å²) in [4.78, 5) is 14.2. The fourth-order valence-electron chi connectivity index (χ4n) is 3.04. The van der Waals surface area contributed by atoms with Gasteiger partial charge >= 0.3 is 0 Å². The van der Waals surface area contributed by atoms with Crippen LogP contribution in [0.15, 0.2) is 82.1 Å². The highest BCUT2D eigenvalue weighted by Gasteiger charge is 2.20. The maximum atomic E-state index is 12.9. The van der Waals surface area contributed by atoms with E-state index in [0.29, 0.717) is 17.9 Å². The van der Waals surface area contributed by atoms with Gasteiger partial charge in [-0.3, -0.25) is 4.79 Å². The predicted molar refractivity (Wildman–Crippen MR) is 131 cm³/mol. The van der Waals surface area contributed by atoms with E-state index in [1.54, 1.807) is 38.4 Å². The zero-order chi connectivity index (χ0) is 23.8. The number of ketones is 1. The van der Waals surface area contributed by atoms with Crippen molar-refractivity contribution in [1.29, 1.82) is 0 Å². The molecule has 0 aliphatic rings. The van der Waals surface area contributed by atoms with Crippen LogP contribution in [0.4, 0.5) is 0 Å². The lowest BCUT2D eigenvalue weighted by Gasteiger charge is -2.09. The van der Waals surface area contributed by atoms with Crippen LogP contribution >= 0.6 is 11.6 Å². The summed E-state index contributed by atoms with van der Waals surface area (Å²) in [5.41, 5.74) is 1.88. The summed E-state index contributed by atoms with van der Waals surface area (Å²) in [6, 6.07) is 21.1. The van der Waals surface area contributed by atoms with Crippen LogP contribution in [0.25, 0.3) is 0 Å². The molecule has 8 heteroatoms. The molecule has 0 amide bonds. The van der Waals surface area contributed by atoms with Crippen molar-refractivity contribution in [2.45, 2.75) is 17.7 Å². The minimum atomic E-state index is -4.04. The van der Waals surface area contributed by atoms with Crippen molar-refractivity contribution in [2.24, 2.45) is 4.40 Å². The molecule has 0 saturated heterocycles. The average molecular weight is 485 g/mol. The maximum Gasteiger partial charge on any atom is 0.285 e. The number of hydrogen-bond acceptors (Lipinski definition) is 4. The Morgan fingerprint density at radius 1 is 1.00 bits per heavy atom. The summed E-state index contributed by atoms with van der Waals surface area (Å²) in [6.45, 7) is 0.564. The molecule has 0 radical (unpaired) electrons. The molecule has 0 aromatic heterocycles. The number of carbonyl (C=O) groups excluding carboxylic acids is 1. The monoisotopic (exact) mass is 484 g/mol. The zero-order valence-corrected chi connectivity index (χ0v) is 20.0. The van der Waals surface area contributed by atoms with Gasteiger partial charge in [0.25, 0.3) is 10.0 Å². The van der Waals surface area contributed by atoms with Crippen LogP contribution < -0.4 is 4.74 Å². The predicted octanol–water partition coefficient (Wildman–Crippen LogP) is 4.86. The lowest BCUT2D eigenvalue weighted by atomic mass is 10.0. The van der Waals surface area contributed by atoms with Gasteiger partial charge in [-0.05, 0) is 60.9 Å². The molecule has 3 aromatic rings. The van der Waals surface area contributed by atoms with Crippen molar-refractivity contribution in [3.63, 3.8) is 0 Å². The topological polar surface area (TPSA) is 76.0 Å². The van der Waals surface area contributed by atoms with Crippen LogP contribution in [-0.4, -0.2) is 46.1 Å². The molecular weight excluding hydrogens is 460 g/mol. The van der Waals surface area contributed by atoms with Gasteiger partial charge in [0.2, 0.25) is 0 Å². The highest BCUT2D eigenvalue weighted by atomic mass is 35.5. The van der Waals surface area contributed by atoms with Crippen LogP contribution in [0.5, 0.6) is 5.75 Å². The van der Waals surface area contributed by atoms with Crippen molar-refractivity contribution in [2.75, 3.05) is 20.7 Å². The Bertz CT molecular complexity index is 1230. The summed E-state index contributed by atoms with van der Waals surface area (Å²) in [7, 11) is -0.740. The number of sulfonamides is 1. The number of benzene rings is 3. The summed E-state index contributed by atoms with van der Waals surface area (Å²) in [5.74, 6) is 0.340. The second-order valence-electron chi connectivity index (χ2n) is 7.60. The average Bonchev–Trinajstić information content (AvgIpc) is 2.81. The number of rotatable bonds is 10. The molecule has 0 aliphatic heterocycles. The fourth-order valence-corrected chi connectivity index (χ4v) is 4.46. The quantitative estimate of drug-likeness (QED) is 0.178. The molecular formula is C25H25ClN2O4S. The van der Waals surface area contributed by atoms with E-state index >= 15 is 0 Å². The Morgan fingerprint density at radius 3 is 2.33 bits per heavy atom. The van der Waals surface area contributed by atoms with Gasteiger partial charge in [-0.15, -0.1) is 4.40 Å². The van der Waals surface area contributed by atoms with Crippen LogP contribution in [0.1, 0.15) is 27.9 Å². The van der Waals surface area contributed by atoms with Crippen molar-refractivity contribution in [3.8, 4) is 5.75 Å². The third-order valence-corrected chi connectivity index (χ3v) is 6.43. The van der Waals surface area contributed by atoms with Crippen LogP contribution in [0, 0.1) is 0 Å². The fraction of sp³-hybridized carbons (Fsp3) is 0.200. The van der Waals surface area contributed by atoms with Crippen LogP contribution in [0.2, 0.25) is 5.02 Å². The largest absolute Gasteiger partial charge is 0.494 e. The third-order valence-electron chi connectivity index (χ3n) is 4.73. The van der Waals surface area contributed by atoms with Gasteiger partial charge in [0.15, 0.2) is 5.78 Å². The number of halogens is 1. The molecule has 0 unspecified atom stereocenters. The van der Waals surface area contributed by atoms with E-state index in [1.165, 1.54) is 35.0 Å². The second kappa shape index (κ2) is 11.1. The molecule has 0 fully saturated rings. The van der Waals surface area contributed by atoms with Gasteiger partial charge in [0.1, 0.15) is 17.0 Å². The number of hydrogen-bond donors (Lipinski definition) is 0. The van der Waals surface area contributed by atoms with E-state index < -0.39 is 10.0 Å². The first-order valence-electron chi connectivity index (χ1n) is 10.3. The molecule has 0 spiro atoms. The Morgan fingerprint density at radius 2 is 1.67 bits per heavy atom. The number of nitrogens with zero attached hydrogens (tertiary/aromatic N) is 2. The highest BCUT2D eigenvalue weighted by Crippen LogP contribution is 2.26. The first-order chi connectivity index (χ1) is 15.8. The first-order valence-corrected chi connectivity index (χ1v) is 12.2. The smallest absolute Gasteiger partial charge is 0.285 e. The molecule has 0 heterocycles. The van der Waals surface area contributed by atoms with Crippen molar-refractivity contribution in [1.82, 2.24) is 4.90 Å². The summed E-state index contributed by atoms with van der Waals surface area (Å²) in [5, 5.41) is 0.00158.